The van der Waals surface area contributed by atoms with E-state index < -0.39 is 11.8 Å². The molecule has 0 fully saturated rings. The first kappa shape index (κ1) is 9.64. The van der Waals surface area contributed by atoms with Crippen molar-refractivity contribution in [3.63, 3.8) is 0 Å². The first-order valence-corrected chi connectivity index (χ1v) is 4.36. The summed E-state index contributed by atoms with van der Waals surface area (Å²) in [6.07, 6.45) is 0. The van der Waals surface area contributed by atoms with Crippen molar-refractivity contribution in [2.75, 3.05) is 7.11 Å². The van der Waals surface area contributed by atoms with Gasteiger partial charge in [0.2, 0.25) is 0 Å². The van der Waals surface area contributed by atoms with Crippen LogP contribution in [-0.4, -0.2) is 23.3 Å². The summed E-state index contributed by atoms with van der Waals surface area (Å²) < 4.78 is 18.0. The van der Waals surface area contributed by atoms with Crippen LogP contribution < -0.4 is 0 Å². The van der Waals surface area contributed by atoms with Gasteiger partial charge in [0.05, 0.1) is 18.0 Å². The monoisotopic (exact) mass is 208 g/mol. The van der Waals surface area contributed by atoms with Crippen LogP contribution in [0, 0.1) is 12.7 Å². The van der Waals surface area contributed by atoms with E-state index in [4.69, 9.17) is 0 Å². The number of rotatable bonds is 1. The van der Waals surface area contributed by atoms with E-state index in [2.05, 4.69) is 14.9 Å². The molecule has 0 atom stereocenters. The van der Waals surface area contributed by atoms with Crippen LogP contribution in [0.5, 0.6) is 0 Å². The van der Waals surface area contributed by atoms with Gasteiger partial charge in [0.25, 0.3) is 0 Å². The fourth-order valence-electron chi connectivity index (χ4n) is 1.47. The van der Waals surface area contributed by atoms with E-state index in [1.54, 1.807) is 13.0 Å². The van der Waals surface area contributed by atoms with E-state index in [-0.39, 0.29) is 11.1 Å². The number of carbonyl (C=O) groups excluding carboxylic acids is 1. The number of esters is 1. The van der Waals surface area contributed by atoms with Crippen molar-refractivity contribution >= 4 is 16.9 Å². The van der Waals surface area contributed by atoms with Crippen molar-refractivity contribution in [3.8, 4) is 0 Å². The fourth-order valence-corrected chi connectivity index (χ4v) is 1.47. The van der Waals surface area contributed by atoms with Gasteiger partial charge in [0.15, 0.2) is 5.69 Å². The number of aryl methyl sites for hydroxylation is 1. The molecule has 78 valence electrons. The third-order valence-electron chi connectivity index (χ3n) is 2.25. The molecule has 4 nitrogen and oxygen atoms in total. The number of aromatic nitrogens is 2. The Morgan fingerprint density at radius 2 is 2.27 bits per heavy atom. The highest BCUT2D eigenvalue weighted by molar-refractivity contribution is 6.02. The Bertz CT molecular complexity index is 533. The molecule has 0 spiro atoms. The zero-order valence-corrected chi connectivity index (χ0v) is 8.30. The molecule has 2 aromatic rings. The van der Waals surface area contributed by atoms with Crippen LogP contribution >= 0.6 is 0 Å². The molecule has 0 aliphatic rings. The van der Waals surface area contributed by atoms with Gasteiger partial charge in [-0.05, 0) is 18.6 Å². The topological polar surface area (TPSA) is 55.0 Å². The number of H-pyrrole nitrogens is 1. The van der Waals surface area contributed by atoms with Crippen LogP contribution in [0.3, 0.4) is 0 Å². The van der Waals surface area contributed by atoms with Gasteiger partial charge < -0.3 is 4.74 Å². The first-order valence-electron chi connectivity index (χ1n) is 4.36. The van der Waals surface area contributed by atoms with Gasteiger partial charge in [0, 0.05) is 0 Å². The third kappa shape index (κ3) is 1.36. The summed E-state index contributed by atoms with van der Waals surface area (Å²) in [6, 6.07) is 2.92. The van der Waals surface area contributed by atoms with E-state index in [0.29, 0.717) is 5.52 Å². The van der Waals surface area contributed by atoms with Crippen molar-refractivity contribution in [1.29, 1.82) is 0 Å². The summed E-state index contributed by atoms with van der Waals surface area (Å²) in [6.45, 7) is 1.80. The molecule has 0 aliphatic heterocycles. The number of carbonyl (C=O) groups is 1. The zero-order valence-electron chi connectivity index (χ0n) is 8.30. The van der Waals surface area contributed by atoms with Gasteiger partial charge in [-0.3, -0.25) is 5.10 Å². The quantitative estimate of drug-likeness (QED) is 0.727. The number of aromatic amines is 1. The first-order chi connectivity index (χ1) is 7.15. The van der Waals surface area contributed by atoms with Crippen LogP contribution in [0.2, 0.25) is 0 Å². The molecular formula is C10H9FN2O2. The van der Waals surface area contributed by atoms with Crippen molar-refractivity contribution in [1.82, 2.24) is 10.2 Å². The minimum atomic E-state index is -0.623. The van der Waals surface area contributed by atoms with Crippen molar-refractivity contribution in [3.05, 3.63) is 29.2 Å². The zero-order chi connectivity index (χ0) is 11.0. The second-order valence-electron chi connectivity index (χ2n) is 3.18. The molecule has 0 radical (unpaired) electrons. The number of hydrogen-bond acceptors (Lipinski definition) is 3. The predicted molar refractivity (Wildman–Crippen MR) is 52.1 cm³/mol. The molecule has 0 amide bonds. The Balaban J connectivity index is 2.79. The van der Waals surface area contributed by atoms with Gasteiger partial charge in [0.1, 0.15) is 5.82 Å². The van der Waals surface area contributed by atoms with Gasteiger partial charge in [-0.1, -0.05) is 6.07 Å². The lowest BCUT2D eigenvalue weighted by Crippen LogP contribution is -2.02. The highest BCUT2D eigenvalue weighted by Gasteiger charge is 2.18. The van der Waals surface area contributed by atoms with Gasteiger partial charge >= 0.3 is 5.97 Å². The third-order valence-corrected chi connectivity index (χ3v) is 2.25. The Morgan fingerprint density at radius 3 is 2.93 bits per heavy atom. The summed E-state index contributed by atoms with van der Waals surface area (Å²) in [7, 11) is 1.24. The number of hydrogen-bond donors (Lipinski definition) is 1. The standard InChI is InChI=1S/C10H9FN2O2/c1-5-3-4-6(11)7-8(5)12-13-9(7)10(14)15-2/h3-4H,1-2H3,(H,12,13). The lowest BCUT2D eigenvalue weighted by molar-refractivity contribution is 0.0596. The van der Waals surface area contributed by atoms with Crippen LogP contribution in [-0.2, 0) is 4.74 Å². The Morgan fingerprint density at radius 1 is 1.53 bits per heavy atom. The molecule has 2 rings (SSSR count). The molecule has 0 saturated heterocycles. The van der Waals surface area contributed by atoms with Crippen molar-refractivity contribution < 1.29 is 13.9 Å². The number of nitrogens with zero attached hydrogens (tertiary/aromatic N) is 1. The Kier molecular flexibility index (Phi) is 2.15. The van der Waals surface area contributed by atoms with Crippen LogP contribution in [0.25, 0.3) is 10.9 Å². The molecule has 0 saturated carbocycles. The van der Waals surface area contributed by atoms with Crippen molar-refractivity contribution in [2.45, 2.75) is 6.92 Å². The molecule has 15 heavy (non-hydrogen) atoms. The largest absolute Gasteiger partial charge is 0.464 e. The molecule has 0 aliphatic carbocycles. The van der Waals surface area contributed by atoms with Gasteiger partial charge in [-0.2, -0.15) is 5.10 Å². The molecule has 0 bridgehead atoms. The normalized spacial score (nSPS) is 10.6. The lowest BCUT2D eigenvalue weighted by Gasteiger charge is -1.98. The summed E-state index contributed by atoms with van der Waals surface area (Å²) in [5.74, 6) is -1.10. The number of halogens is 1. The maximum atomic E-state index is 13.5. The van der Waals surface area contributed by atoms with Crippen molar-refractivity contribution in [2.24, 2.45) is 0 Å². The molecule has 1 aromatic carbocycles. The molecule has 1 aromatic heterocycles. The maximum Gasteiger partial charge on any atom is 0.356 e. The van der Waals surface area contributed by atoms with Crippen LogP contribution in [0.4, 0.5) is 4.39 Å². The number of nitrogens with one attached hydrogen (secondary N) is 1. The van der Waals surface area contributed by atoms with E-state index in [0.717, 1.165) is 5.56 Å². The molecule has 1 heterocycles. The molecule has 0 unspecified atom stereocenters. The Hall–Kier alpha value is -1.91. The molecule has 5 heteroatoms. The number of methoxy groups -OCH3 is 1. The van der Waals surface area contributed by atoms with Gasteiger partial charge in [-0.25, -0.2) is 9.18 Å². The van der Waals surface area contributed by atoms with Crippen LogP contribution in [0.1, 0.15) is 16.1 Å². The van der Waals surface area contributed by atoms with E-state index in [9.17, 15) is 9.18 Å². The SMILES string of the molecule is COC(=O)c1[nH]nc2c(C)ccc(F)c12. The summed E-state index contributed by atoms with van der Waals surface area (Å²) >= 11 is 0. The number of fused-ring (bicyclic) bond motifs is 1. The minimum Gasteiger partial charge on any atom is -0.464 e. The highest BCUT2D eigenvalue weighted by Crippen LogP contribution is 2.22. The lowest BCUT2D eigenvalue weighted by atomic mass is 10.1. The van der Waals surface area contributed by atoms with E-state index >= 15 is 0 Å². The van der Waals surface area contributed by atoms with Crippen LogP contribution in [0.15, 0.2) is 12.1 Å². The van der Waals surface area contributed by atoms with E-state index in [1.807, 2.05) is 0 Å². The van der Waals surface area contributed by atoms with E-state index in [1.165, 1.54) is 13.2 Å². The second kappa shape index (κ2) is 3.34. The average Bonchev–Trinajstić information content (AvgIpc) is 2.68. The fraction of sp³-hybridized carbons (Fsp3) is 0.200. The molecule has 1 N–H and O–H groups in total. The molecular weight excluding hydrogens is 199 g/mol. The summed E-state index contributed by atoms with van der Waals surface area (Å²) in [5, 5.41) is 6.55. The predicted octanol–water partition coefficient (Wildman–Crippen LogP) is 1.80. The smallest absolute Gasteiger partial charge is 0.356 e. The number of ether oxygens (including phenoxy) is 1. The average molecular weight is 208 g/mol. The number of benzene rings is 1. The second-order valence-corrected chi connectivity index (χ2v) is 3.18. The highest BCUT2D eigenvalue weighted by atomic mass is 19.1. The minimum absolute atomic E-state index is 0.0497. The maximum absolute atomic E-state index is 13.5. The van der Waals surface area contributed by atoms with Gasteiger partial charge in [-0.15, -0.1) is 0 Å². The Labute approximate surface area is 85.0 Å². The summed E-state index contributed by atoms with van der Waals surface area (Å²) in [4.78, 5) is 11.3. The summed E-state index contributed by atoms with van der Waals surface area (Å²) in [5.41, 5.74) is 1.31.